The SMILES string of the molecule is c1ccc(-c2ccc(N(c3cccc(-c4ccc5c(c4)C4(c6ccccc6-c6ccccc64)c4ccccc4-5)c3)c3cccc4c3-n3c(nc5ccccc53)C43c4ccccc4-c4ccccc43)cc2)cc1. The van der Waals surface area contributed by atoms with Gasteiger partial charge in [-0.25, -0.2) is 4.98 Å². The van der Waals surface area contributed by atoms with Gasteiger partial charge in [0.15, 0.2) is 0 Å². The maximum absolute atomic E-state index is 5.63. The summed E-state index contributed by atoms with van der Waals surface area (Å²) >= 11 is 0. The van der Waals surface area contributed by atoms with Crippen LogP contribution in [0.5, 0.6) is 0 Å². The standard InChI is InChI=1S/C69H43N3/c1-2-18-44(19-3-1)45-36-39-48(40-37-45)71(65-35-17-32-61-66(65)72-64-34-15-14-33-63(64)70-67(72)69(61)59-30-12-7-24-52(59)53-25-8-13-31-60(53)69)49-21-16-20-46(42-49)47-38-41-55-54-26-6-11-29-58(54)68(62(55)43-47)56-27-9-4-22-50(56)51-23-5-10-28-57(51)68/h1-43H. The molecule has 0 atom stereocenters. The lowest BCUT2D eigenvalue weighted by molar-refractivity contribution is 0.738. The van der Waals surface area contributed by atoms with Gasteiger partial charge in [-0.15, -0.1) is 0 Å². The lowest BCUT2D eigenvalue weighted by Crippen LogP contribution is -2.27. The summed E-state index contributed by atoms with van der Waals surface area (Å²) in [6.07, 6.45) is 0. The zero-order chi connectivity index (χ0) is 47.1. The van der Waals surface area contributed by atoms with Crippen molar-refractivity contribution in [3.8, 4) is 61.3 Å². The molecule has 12 aromatic rings. The van der Waals surface area contributed by atoms with Crippen molar-refractivity contribution in [1.29, 1.82) is 0 Å². The molecule has 11 aromatic carbocycles. The first-order valence-corrected chi connectivity index (χ1v) is 25.0. The van der Waals surface area contributed by atoms with Gasteiger partial charge in [0.25, 0.3) is 0 Å². The van der Waals surface area contributed by atoms with Crippen molar-refractivity contribution in [3.05, 3.63) is 306 Å². The topological polar surface area (TPSA) is 21.1 Å². The predicted octanol–water partition coefficient (Wildman–Crippen LogP) is 16.8. The van der Waals surface area contributed by atoms with Crippen molar-refractivity contribution in [1.82, 2.24) is 9.55 Å². The van der Waals surface area contributed by atoms with E-state index in [-0.39, 0.29) is 0 Å². The summed E-state index contributed by atoms with van der Waals surface area (Å²) < 4.78 is 2.48. The molecule has 1 aromatic heterocycles. The summed E-state index contributed by atoms with van der Waals surface area (Å²) in [5.41, 5.74) is 27.0. The maximum atomic E-state index is 5.63. The molecule has 0 N–H and O–H groups in total. The Labute approximate surface area is 418 Å². The van der Waals surface area contributed by atoms with Crippen LogP contribution in [0.25, 0.3) is 72.4 Å². The van der Waals surface area contributed by atoms with E-state index >= 15 is 0 Å². The highest BCUT2D eigenvalue weighted by atomic mass is 15.2. The fraction of sp³-hybridized carbons (Fsp3) is 0.0290. The molecule has 3 heteroatoms. The van der Waals surface area contributed by atoms with Crippen LogP contribution in [0.4, 0.5) is 17.1 Å². The number of para-hydroxylation sites is 3. The molecule has 334 valence electrons. The van der Waals surface area contributed by atoms with Gasteiger partial charge in [0.05, 0.1) is 27.8 Å². The molecule has 0 bridgehead atoms. The van der Waals surface area contributed by atoms with Gasteiger partial charge in [-0.05, 0) is 138 Å². The summed E-state index contributed by atoms with van der Waals surface area (Å²) in [5, 5.41) is 0. The van der Waals surface area contributed by atoms with E-state index in [4.69, 9.17) is 4.98 Å². The molecule has 0 unspecified atom stereocenters. The fourth-order valence-corrected chi connectivity index (χ4v) is 13.6. The van der Waals surface area contributed by atoms with Gasteiger partial charge < -0.3 is 4.90 Å². The van der Waals surface area contributed by atoms with E-state index in [0.29, 0.717) is 0 Å². The van der Waals surface area contributed by atoms with Crippen molar-refractivity contribution < 1.29 is 0 Å². The van der Waals surface area contributed by atoms with E-state index < -0.39 is 10.8 Å². The van der Waals surface area contributed by atoms with Crippen molar-refractivity contribution in [2.24, 2.45) is 0 Å². The first kappa shape index (κ1) is 39.5. The van der Waals surface area contributed by atoms with Crippen molar-refractivity contribution in [2.45, 2.75) is 10.8 Å². The number of rotatable bonds is 5. The largest absolute Gasteiger partial charge is 0.308 e. The van der Waals surface area contributed by atoms with Crippen molar-refractivity contribution in [2.75, 3.05) is 4.90 Å². The second-order valence-corrected chi connectivity index (χ2v) is 19.7. The van der Waals surface area contributed by atoms with Gasteiger partial charge in [-0.2, -0.15) is 0 Å². The molecule has 0 amide bonds. The number of benzene rings is 11. The highest BCUT2D eigenvalue weighted by Gasteiger charge is 2.55. The number of nitrogens with zero attached hydrogens (tertiary/aromatic N) is 3. The summed E-state index contributed by atoms with van der Waals surface area (Å²) in [5.74, 6) is 1.03. The maximum Gasteiger partial charge on any atom is 0.134 e. The zero-order valence-electron chi connectivity index (χ0n) is 39.2. The minimum atomic E-state index is -0.627. The summed E-state index contributed by atoms with van der Waals surface area (Å²) in [4.78, 5) is 8.11. The van der Waals surface area contributed by atoms with Gasteiger partial charge in [0.1, 0.15) is 11.2 Å². The molecule has 2 spiro atoms. The van der Waals surface area contributed by atoms with E-state index in [0.717, 1.165) is 45.2 Å². The predicted molar refractivity (Wildman–Crippen MR) is 294 cm³/mol. The highest BCUT2D eigenvalue weighted by molar-refractivity contribution is 5.98. The van der Waals surface area contributed by atoms with Crippen LogP contribution in [0.15, 0.2) is 261 Å². The minimum Gasteiger partial charge on any atom is -0.308 e. The molecule has 16 rings (SSSR count). The Hall–Kier alpha value is -9.31. The molecule has 1 aliphatic heterocycles. The lowest BCUT2D eigenvalue weighted by Gasteiger charge is -2.31. The van der Waals surface area contributed by atoms with E-state index in [1.165, 1.54) is 89.0 Å². The average molecular weight is 914 g/mol. The molecule has 0 saturated carbocycles. The molecular weight excluding hydrogens is 871 g/mol. The zero-order valence-corrected chi connectivity index (χ0v) is 39.2. The molecular formula is C69H43N3. The Morgan fingerprint density at radius 3 is 1.39 bits per heavy atom. The van der Waals surface area contributed by atoms with Gasteiger partial charge >= 0.3 is 0 Å². The van der Waals surface area contributed by atoms with E-state index in [9.17, 15) is 0 Å². The lowest BCUT2D eigenvalue weighted by atomic mass is 9.70. The molecule has 4 aliphatic rings. The highest BCUT2D eigenvalue weighted by Crippen LogP contribution is 2.64. The Bertz CT molecular complexity index is 4130. The van der Waals surface area contributed by atoms with Crippen LogP contribution in [-0.4, -0.2) is 9.55 Å². The van der Waals surface area contributed by atoms with Gasteiger partial charge in [0, 0.05) is 16.9 Å². The molecule has 72 heavy (non-hydrogen) atoms. The van der Waals surface area contributed by atoms with Crippen LogP contribution in [0.2, 0.25) is 0 Å². The molecule has 0 fully saturated rings. The average Bonchev–Trinajstić information content (AvgIpc) is 4.22. The van der Waals surface area contributed by atoms with Crippen molar-refractivity contribution >= 4 is 28.1 Å². The number of imidazole rings is 1. The Morgan fingerprint density at radius 1 is 0.306 bits per heavy atom. The van der Waals surface area contributed by atoms with Gasteiger partial charge in [-0.1, -0.05) is 212 Å². The van der Waals surface area contributed by atoms with Crippen LogP contribution in [0.1, 0.15) is 44.8 Å². The molecule has 3 nitrogen and oxygen atoms in total. The Morgan fingerprint density at radius 2 is 0.764 bits per heavy atom. The third-order valence-corrected chi connectivity index (χ3v) is 16.4. The van der Waals surface area contributed by atoms with Gasteiger partial charge in [0.2, 0.25) is 0 Å². The van der Waals surface area contributed by atoms with Crippen LogP contribution in [0.3, 0.4) is 0 Å². The van der Waals surface area contributed by atoms with Crippen LogP contribution in [-0.2, 0) is 10.8 Å². The van der Waals surface area contributed by atoms with Gasteiger partial charge in [-0.3, -0.25) is 4.57 Å². The van der Waals surface area contributed by atoms with Crippen molar-refractivity contribution in [3.63, 3.8) is 0 Å². The number of aromatic nitrogens is 2. The van der Waals surface area contributed by atoms with Crippen LogP contribution >= 0.6 is 0 Å². The van der Waals surface area contributed by atoms with Crippen LogP contribution < -0.4 is 4.90 Å². The number of anilines is 3. The fourth-order valence-electron chi connectivity index (χ4n) is 13.6. The molecule has 3 aliphatic carbocycles. The number of fused-ring (bicyclic) bond motifs is 22. The van der Waals surface area contributed by atoms with E-state index in [2.05, 4.69) is 270 Å². The quantitative estimate of drug-likeness (QED) is 0.172. The van der Waals surface area contributed by atoms with E-state index in [1.807, 2.05) is 0 Å². The molecule has 2 heterocycles. The minimum absolute atomic E-state index is 0.428. The summed E-state index contributed by atoms with van der Waals surface area (Å²) in [7, 11) is 0. The Kier molecular flexibility index (Phi) is 8.02. The molecule has 0 saturated heterocycles. The normalized spacial score (nSPS) is 14.1. The van der Waals surface area contributed by atoms with E-state index in [1.54, 1.807) is 0 Å². The number of hydrogen-bond acceptors (Lipinski definition) is 2. The summed E-state index contributed by atoms with van der Waals surface area (Å²) in [6.45, 7) is 0. The Balaban J connectivity index is 0.933. The third kappa shape index (κ3) is 5.01. The third-order valence-electron chi connectivity index (χ3n) is 16.4. The van der Waals surface area contributed by atoms with Crippen LogP contribution in [0, 0.1) is 0 Å². The summed E-state index contributed by atoms with van der Waals surface area (Å²) in [6, 6.07) is 96.9. The first-order valence-electron chi connectivity index (χ1n) is 25.0. The smallest absolute Gasteiger partial charge is 0.134 e. The number of hydrogen-bond donors (Lipinski definition) is 0. The molecule has 0 radical (unpaired) electrons. The first-order chi connectivity index (χ1) is 35.7. The second-order valence-electron chi connectivity index (χ2n) is 19.7. The second kappa shape index (κ2) is 14.6. The monoisotopic (exact) mass is 913 g/mol.